The Morgan fingerprint density at radius 3 is 2.40 bits per heavy atom. The zero-order chi connectivity index (χ0) is 7.72. The van der Waals surface area contributed by atoms with Crippen molar-refractivity contribution in [1.82, 2.24) is 0 Å². The van der Waals surface area contributed by atoms with Crippen molar-refractivity contribution >= 4 is 46.4 Å². The zero-order valence-corrected chi connectivity index (χ0v) is 8.05. The van der Waals surface area contributed by atoms with Gasteiger partial charge in [0.05, 0.1) is 16.1 Å². The Labute approximate surface area is 80.1 Å². The summed E-state index contributed by atoms with van der Waals surface area (Å²) in [5.41, 5.74) is 0. The van der Waals surface area contributed by atoms with Crippen LogP contribution in [0.1, 0.15) is 6.42 Å². The van der Waals surface area contributed by atoms with E-state index >= 15 is 0 Å². The normalized spacial score (nSPS) is 41.2. The van der Waals surface area contributed by atoms with Crippen molar-refractivity contribution in [1.29, 1.82) is 0 Å². The first-order valence-corrected chi connectivity index (χ1v) is 4.58. The molecule has 1 rings (SSSR count). The van der Waals surface area contributed by atoms with E-state index in [0.29, 0.717) is 11.5 Å². The summed E-state index contributed by atoms with van der Waals surface area (Å²) in [6, 6.07) is 0. The third-order valence-electron chi connectivity index (χ3n) is 1.38. The topological polar surface area (TPSA) is 0 Å². The molecule has 10 heavy (non-hydrogen) atoms. The van der Waals surface area contributed by atoms with Gasteiger partial charge < -0.3 is 0 Å². The summed E-state index contributed by atoms with van der Waals surface area (Å²) in [5.74, 6) is 0. The third-order valence-corrected chi connectivity index (χ3v) is 3.32. The molecule has 0 bridgehead atoms. The summed E-state index contributed by atoms with van der Waals surface area (Å²) < 4.78 is 0. The second-order valence-corrected chi connectivity index (χ2v) is 4.28. The van der Waals surface area contributed by atoms with Crippen LogP contribution in [0.5, 0.6) is 0 Å². The largest absolute Gasteiger partial charge is 0.121 e. The van der Waals surface area contributed by atoms with Gasteiger partial charge >= 0.3 is 0 Å². The SMILES string of the molecule is ClC1=C[C@@H](Cl)[C@H](Cl)[C@@H](Cl)C1. The van der Waals surface area contributed by atoms with Crippen molar-refractivity contribution in [2.45, 2.75) is 22.6 Å². The van der Waals surface area contributed by atoms with Crippen LogP contribution >= 0.6 is 46.4 Å². The smallest absolute Gasteiger partial charge is 0.0708 e. The summed E-state index contributed by atoms with van der Waals surface area (Å²) >= 11 is 23.1. The standard InChI is InChI=1S/C6H6Cl4/c7-3-1-4(8)6(10)5(9)2-3/h1,4-6H,2H2/t4-,5+,6+/m1/s1. The van der Waals surface area contributed by atoms with Crippen LogP contribution in [0.3, 0.4) is 0 Å². The van der Waals surface area contributed by atoms with Crippen molar-refractivity contribution in [3.8, 4) is 0 Å². The van der Waals surface area contributed by atoms with E-state index in [2.05, 4.69) is 0 Å². The van der Waals surface area contributed by atoms with Crippen LogP contribution in [0.25, 0.3) is 0 Å². The number of alkyl halides is 3. The number of allylic oxidation sites excluding steroid dienone is 2. The molecule has 0 spiro atoms. The lowest BCUT2D eigenvalue weighted by atomic mass is 10.1. The summed E-state index contributed by atoms with van der Waals surface area (Å²) in [4.78, 5) is 0. The minimum Gasteiger partial charge on any atom is -0.121 e. The van der Waals surface area contributed by atoms with E-state index in [-0.39, 0.29) is 16.1 Å². The monoisotopic (exact) mass is 218 g/mol. The lowest BCUT2D eigenvalue weighted by Crippen LogP contribution is -2.28. The number of rotatable bonds is 0. The predicted molar refractivity (Wildman–Crippen MR) is 47.5 cm³/mol. The molecule has 4 heteroatoms. The van der Waals surface area contributed by atoms with E-state index in [9.17, 15) is 0 Å². The molecule has 0 radical (unpaired) electrons. The predicted octanol–water partition coefficient (Wildman–Crippen LogP) is 3.34. The van der Waals surface area contributed by atoms with Gasteiger partial charge in [0, 0.05) is 11.5 Å². The van der Waals surface area contributed by atoms with Gasteiger partial charge in [-0.2, -0.15) is 0 Å². The molecular formula is C6H6Cl4. The average molecular weight is 220 g/mol. The van der Waals surface area contributed by atoms with E-state index < -0.39 is 0 Å². The fourth-order valence-corrected chi connectivity index (χ4v) is 2.16. The first kappa shape index (κ1) is 8.99. The molecule has 0 saturated carbocycles. The second kappa shape index (κ2) is 3.53. The van der Waals surface area contributed by atoms with E-state index in [1.54, 1.807) is 6.08 Å². The first-order valence-electron chi connectivity index (χ1n) is 2.89. The van der Waals surface area contributed by atoms with Crippen LogP contribution in [-0.2, 0) is 0 Å². The lowest BCUT2D eigenvalue weighted by molar-refractivity contribution is 0.745. The molecule has 1 aliphatic rings. The average Bonchev–Trinajstić information content (AvgIpc) is 1.82. The lowest BCUT2D eigenvalue weighted by Gasteiger charge is -2.23. The van der Waals surface area contributed by atoms with E-state index in [1.807, 2.05) is 0 Å². The Morgan fingerprint density at radius 2 is 1.90 bits per heavy atom. The first-order chi connectivity index (χ1) is 4.61. The summed E-state index contributed by atoms with van der Waals surface area (Å²) in [5, 5.41) is 0.134. The van der Waals surface area contributed by atoms with Gasteiger partial charge in [-0.1, -0.05) is 17.7 Å². The Morgan fingerprint density at radius 1 is 1.30 bits per heavy atom. The fourth-order valence-electron chi connectivity index (χ4n) is 0.831. The van der Waals surface area contributed by atoms with Gasteiger partial charge in [-0.25, -0.2) is 0 Å². The third kappa shape index (κ3) is 1.94. The minimum atomic E-state index is -0.231. The summed E-state index contributed by atoms with van der Waals surface area (Å²) in [6.07, 6.45) is 2.36. The minimum absolute atomic E-state index is 0.137. The van der Waals surface area contributed by atoms with Crippen molar-refractivity contribution in [3.05, 3.63) is 11.1 Å². The van der Waals surface area contributed by atoms with Crippen LogP contribution in [0.2, 0.25) is 0 Å². The molecule has 0 aromatic carbocycles. The van der Waals surface area contributed by atoms with Crippen LogP contribution < -0.4 is 0 Å². The van der Waals surface area contributed by atoms with E-state index in [4.69, 9.17) is 46.4 Å². The summed E-state index contributed by atoms with van der Waals surface area (Å²) in [6.45, 7) is 0. The highest BCUT2D eigenvalue weighted by Crippen LogP contribution is 2.31. The van der Waals surface area contributed by atoms with Crippen molar-refractivity contribution in [3.63, 3.8) is 0 Å². The molecular weight excluding hydrogens is 214 g/mol. The maximum absolute atomic E-state index is 5.82. The van der Waals surface area contributed by atoms with Crippen molar-refractivity contribution < 1.29 is 0 Å². The molecule has 0 saturated heterocycles. The number of halogens is 4. The van der Waals surface area contributed by atoms with E-state index in [0.717, 1.165) is 0 Å². The molecule has 0 fully saturated rings. The van der Waals surface area contributed by atoms with Gasteiger partial charge in [0.2, 0.25) is 0 Å². The fraction of sp³-hybridized carbons (Fsp3) is 0.667. The zero-order valence-electron chi connectivity index (χ0n) is 5.03. The highest BCUT2D eigenvalue weighted by atomic mass is 35.5. The van der Waals surface area contributed by atoms with Crippen molar-refractivity contribution in [2.24, 2.45) is 0 Å². The number of hydrogen-bond donors (Lipinski definition) is 0. The molecule has 0 unspecified atom stereocenters. The Hall–Kier alpha value is 0.900. The Balaban J connectivity index is 2.69. The molecule has 0 N–H and O–H groups in total. The van der Waals surface area contributed by atoms with Crippen LogP contribution in [-0.4, -0.2) is 16.1 Å². The maximum Gasteiger partial charge on any atom is 0.0708 e. The van der Waals surface area contributed by atoms with Crippen LogP contribution in [0.15, 0.2) is 11.1 Å². The van der Waals surface area contributed by atoms with Gasteiger partial charge in [-0.3, -0.25) is 0 Å². The van der Waals surface area contributed by atoms with Gasteiger partial charge in [0.25, 0.3) is 0 Å². The summed E-state index contributed by atoms with van der Waals surface area (Å²) in [7, 11) is 0. The van der Waals surface area contributed by atoms with Crippen molar-refractivity contribution in [2.75, 3.05) is 0 Å². The highest BCUT2D eigenvalue weighted by Gasteiger charge is 2.28. The van der Waals surface area contributed by atoms with Gasteiger partial charge in [0.15, 0.2) is 0 Å². The Kier molecular flexibility index (Phi) is 3.18. The molecule has 0 aromatic rings. The molecule has 0 aliphatic heterocycles. The van der Waals surface area contributed by atoms with Crippen LogP contribution in [0.4, 0.5) is 0 Å². The molecule has 3 atom stereocenters. The molecule has 0 aromatic heterocycles. The van der Waals surface area contributed by atoms with Crippen LogP contribution in [0, 0.1) is 0 Å². The van der Waals surface area contributed by atoms with Gasteiger partial charge in [-0.15, -0.1) is 34.8 Å². The molecule has 0 heterocycles. The quantitative estimate of drug-likeness (QED) is 0.549. The number of hydrogen-bond acceptors (Lipinski definition) is 0. The highest BCUT2D eigenvalue weighted by molar-refractivity contribution is 6.38. The van der Waals surface area contributed by atoms with E-state index in [1.165, 1.54) is 0 Å². The maximum atomic E-state index is 5.82. The molecule has 1 aliphatic carbocycles. The molecule has 0 amide bonds. The van der Waals surface area contributed by atoms with Gasteiger partial charge in [0.1, 0.15) is 0 Å². The second-order valence-electron chi connectivity index (χ2n) is 2.22. The molecule has 0 nitrogen and oxygen atoms in total. The van der Waals surface area contributed by atoms with Gasteiger partial charge in [-0.05, 0) is 0 Å². The molecule has 58 valence electrons. The Bertz CT molecular complexity index is 154.